The molecule has 0 heterocycles. The molecule has 110 valence electrons. The summed E-state index contributed by atoms with van der Waals surface area (Å²) in [6.07, 6.45) is 5.89. The third-order valence-electron chi connectivity index (χ3n) is 3.23. The number of hydrogen-bond acceptors (Lipinski definition) is 4. The Balaban J connectivity index is 2.45. The van der Waals surface area contributed by atoms with Crippen LogP contribution >= 0.6 is 15.9 Å². The fourth-order valence-electron chi connectivity index (χ4n) is 2.31. The normalized spacial score (nSPS) is 19.3. The van der Waals surface area contributed by atoms with E-state index in [0.29, 0.717) is 0 Å². The monoisotopic (exact) mass is 349 g/mol. The lowest BCUT2D eigenvalue weighted by atomic mass is 9.82. The van der Waals surface area contributed by atoms with Crippen molar-refractivity contribution >= 4 is 27.6 Å². The highest BCUT2D eigenvalue weighted by Gasteiger charge is 2.27. The molecule has 1 unspecified atom stereocenters. The fraction of sp³-hybridized carbons (Fsp3) is 0.250. The average molecular weight is 350 g/mol. The molecule has 2 rings (SSSR count). The molecule has 1 aliphatic carbocycles. The number of hydrogen-bond donors (Lipinski definition) is 0. The number of carbonyl (C=O) groups excluding carboxylic acids is 1. The molecule has 4 nitrogen and oxygen atoms in total. The molecule has 0 saturated heterocycles. The van der Waals surface area contributed by atoms with Gasteiger partial charge >= 0.3 is 5.97 Å². The SMILES string of the molecule is CO/N=C1\C=CC=C(CC(=O)OC)C1c1ccccc1Br. The number of oxime groups is 1. The van der Waals surface area contributed by atoms with Gasteiger partial charge in [-0.1, -0.05) is 51.4 Å². The predicted octanol–water partition coefficient (Wildman–Crippen LogP) is 3.59. The predicted molar refractivity (Wildman–Crippen MR) is 85.2 cm³/mol. The Kier molecular flexibility index (Phi) is 5.33. The lowest BCUT2D eigenvalue weighted by Crippen LogP contribution is -2.19. The summed E-state index contributed by atoms with van der Waals surface area (Å²) in [7, 11) is 2.90. The van der Waals surface area contributed by atoms with Gasteiger partial charge in [0.1, 0.15) is 7.11 Å². The first kappa shape index (κ1) is 15.5. The van der Waals surface area contributed by atoms with Gasteiger partial charge in [0.15, 0.2) is 0 Å². The molecule has 1 atom stereocenters. The lowest BCUT2D eigenvalue weighted by Gasteiger charge is -2.23. The fourth-order valence-corrected chi connectivity index (χ4v) is 2.82. The summed E-state index contributed by atoms with van der Waals surface area (Å²) in [5.41, 5.74) is 2.71. The van der Waals surface area contributed by atoms with Gasteiger partial charge in [0, 0.05) is 4.47 Å². The Morgan fingerprint density at radius 3 is 2.76 bits per heavy atom. The molecule has 0 spiro atoms. The van der Waals surface area contributed by atoms with Crippen LogP contribution < -0.4 is 0 Å². The highest BCUT2D eigenvalue weighted by Crippen LogP contribution is 2.35. The number of methoxy groups -OCH3 is 1. The van der Waals surface area contributed by atoms with Crippen LogP contribution in [0.15, 0.2) is 57.7 Å². The maximum atomic E-state index is 11.6. The molecule has 21 heavy (non-hydrogen) atoms. The van der Waals surface area contributed by atoms with E-state index in [4.69, 9.17) is 9.57 Å². The number of halogens is 1. The van der Waals surface area contributed by atoms with Crippen LogP contribution in [0.2, 0.25) is 0 Å². The van der Waals surface area contributed by atoms with Crippen LogP contribution in [0, 0.1) is 0 Å². The first-order valence-corrected chi connectivity index (χ1v) is 7.26. The number of benzene rings is 1. The van der Waals surface area contributed by atoms with Crippen molar-refractivity contribution < 1.29 is 14.4 Å². The van der Waals surface area contributed by atoms with Crippen molar-refractivity contribution in [2.75, 3.05) is 14.2 Å². The third kappa shape index (κ3) is 3.61. The quantitative estimate of drug-likeness (QED) is 0.616. The first-order chi connectivity index (χ1) is 10.2. The number of nitrogens with zero attached hydrogens (tertiary/aromatic N) is 1. The third-order valence-corrected chi connectivity index (χ3v) is 3.96. The second kappa shape index (κ2) is 7.22. The molecule has 0 aliphatic heterocycles. The summed E-state index contributed by atoms with van der Waals surface area (Å²) in [6.45, 7) is 0. The van der Waals surface area contributed by atoms with Crippen molar-refractivity contribution in [2.24, 2.45) is 5.16 Å². The van der Waals surface area contributed by atoms with Crippen LogP contribution in [0.3, 0.4) is 0 Å². The molecule has 0 amide bonds. The van der Waals surface area contributed by atoms with Gasteiger partial charge in [-0.3, -0.25) is 4.79 Å². The summed E-state index contributed by atoms with van der Waals surface area (Å²) in [6, 6.07) is 7.87. The van der Waals surface area contributed by atoms with E-state index in [1.54, 1.807) is 0 Å². The van der Waals surface area contributed by atoms with Gasteiger partial charge in [0.2, 0.25) is 0 Å². The second-order valence-corrected chi connectivity index (χ2v) is 5.36. The molecule has 1 aliphatic rings. The summed E-state index contributed by atoms with van der Waals surface area (Å²) >= 11 is 3.56. The molecule has 0 radical (unpaired) electrons. The van der Waals surface area contributed by atoms with Crippen molar-refractivity contribution in [3.05, 3.63) is 58.1 Å². The minimum atomic E-state index is -0.273. The topological polar surface area (TPSA) is 47.9 Å². The highest BCUT2D eigenvalue weighted by molar-refractivity contribution is 9.10. The maximum Gasteiger partial charge on any atom is 0.309 e. The van der Waals surface area contributed by atoms with E-state index in [-0.39, 0.29) is 18.3 Å². The van der Waals surface area contributed by atoms with Crippen LogP contribution in [0.1, 0.15) is 17.9 Å². The van der Waals surface area contributed by atoms with Crippen LogP contribution in [0.4, 0.5) is 0 Å². The molecule has 5 heteroatoms. The Labute approximate surface area is 132 Å². The van der Waals surface area contributed by atoms with E-state index in [0.717, 1.165) is 21.3 Å². The number of esters is 1. The number of ether oxygens (including phenoxy) is 1. The summed E-state index contributed by atoms with van der Waals surface area (Å²) in [5.74, 6) is -0.407. The minimum Gasteiger partial charge on any atom is -0.469 e. The van der Waals surface area contributed by atoms with E-state index in [2.05, 4.69) is 21.1 Å². The van der Waals surface area contributed by atoms with Crippen LogP contribution in [-0.4, -0.2) is 25.9 Å². The minimum absolute atomic E-state index is 0.135. The van der Waals surface area contributed by atoms with Gasteiger partial charge in [0.05, 0.1) is 25.2 Å². The summed E-state index contributed by atoms with van der Waals surface area (Å²) < 4.78 is 5.74. The smallest absolute Gasteiger partial charge is 0.309 e. The van der Waals surface area contributed by atoms with E-state index < -0.39 is 0 Å². The maximum absolute atomic E-state index is 11.6. The van der Waals surface area contributed by atoms with Gasteiger partial charge in [-0.2, -0.15) is 0 Å². The Morgan fingerprint density at radius 2 is 2.10 bits per heavy atom. The highest BCUT2D eigenvalue weighted by atomic mass is 79.9. The lowest BCUT2D eigenvalue weighted by molar-refractivity contribution is -0.139. The molecule has 1 aromatic rings. The van der Waals surface area contributed by atoms with Gasteiger partial charge in [-0.15, -0.1) is 0 Å². The Hall–Kier alpha value is -1.88. The van der Waals surface area contributed by atoms with Crippen LogP contribution in [-0.2, 0) is 14.4 Å². The van der Waals surface area contributed by atoms with Gasteiger partial charge in [-0.05, 0) is 23.3 Å². The van der Waals surface area contributed by atoms with E-state index >= 15 is 0 Å². The van der Waals surface area contributed by atoms with Crippen LogP contribution in [0.25, 0.3) is 0 Å². The summed E-state index contributed by atoms with van der Waals surface area (Å²) in [5, 5.41) is 4.08. The zero-order valence-corrected chi connectivity index (χ0v) is 13.5. The van der Waals surface area contributed by atoms with Gasteiger partial charge < -0.3 is 9.57 Å². The van der Waals surface area contributed by atoms with Gasteiger partial charge in [0.25, 0.3) is 0 Å². The zero-order valence-electron chi connectivity index (χ0n) is 11.9. The molecule has 0 bridgehead atoms. The zero-order chi connectivity index (χ0) is 15.2. The molecular formula is C16H16BrNO3. The van der Waals surface area contributed by atoms with E-state index in [1.165, 1.54) is 14.2 Å². The first-order valence-electron chi connectivity index (χ1n) is 6.46. The molecular weight excluding hydrogens is 334 g/mol. The summed E-state index contributed by atoms with van der Waals surface area (Å²) in [4.78, 5) is 16.6. The Morgan fingerprint density at radius 1 is 1.33 bits per heavy atom. The largest absolute Gasteiger partial charge is 0.469 e. The van der Waals surface area contributed by atoms with Crippen LogP contribution in [0.5, 0.6) is 0 Å². The number of rotatable bonds is 4. The standard InChI is InChI=1S/C16H16BrNO3/c1-20-15(19)10-11-6-5-9-14(18-21-2)16(11)12-7-3-4-8-13(12)17/h3-9,16H,10H2,1-2H3/b18-14+. The number of carbonyl (C=O) groups is 1. The Bertz CT molecular complexity index is 620. The van der Waals surface area contributed by atoms with E-state index in [1.807, 2.05) is 42.5 Å². The van der Waals surface area contributed by atoms with Gasteiger partial charge in [-0.25, -0.2) is 0 Å². The van der Waals surface area contributed by atoms with Crippen molar-refractivity contribution in [2.45, 2.75) is 12.3 Å². The molecule has 0 saturated carbocycles. The molecule has 0 fully saturated rings. The van der Waals surface area contributed by atoms with Crippen molar-refractivity contribution in [1.29, 1.82) is 0 Å². The molecule has 0 aromatic heterocycles. The van der Waals surface area contributed by atoms with Crippen molar-refractivity contribution in [1.82, 2.24) is 0 Å². The molecule has 1 aromatic carbocycles. The number of allylic oxidation sites excluding steroid dienone is 3. The van der Waals surface area contributed by atoms with Crippen molar-refractivity contribution in [3.63, 3.8) is 0 Å². The average Bonchev–Trinajstić information content (AvgIpc) is 2.49. The van der Waals surface area contributed by atoms with E-state index in [9.17, 15) is 4.79 Å². The molecule has 0 N–H and O–H groups in total. The van der Waals surface area contributed by atoms with Crippen molar-refractivity contribution in [3.8, 4) is 0 Å². The second-order valence-electron chi connectivity index (χ2n) is 4.51.